The van der Waals surface area contributed by atoms with Crippen molar-refractivity contribution in [1.29, 1.82) is 0 Å². The van der Waals surface area contributed by atoms with Gasteiger partial charge in [-0.1, -0.05) is 30.4 Å². The summed E-state index contributed by atoms with van der Waals surface area (Å²) in [6, 6.07) is 8.89. The first kappa shape index (κ1) is 27.1. The van der Waals surface area contributed by atoms with E-state index in [0.29, 0.717) is 5.56 Å². The Kier molecular flexibility index (Phi) is 9.04. The minimum atomic E-state index is -1.71. The van der Waals surface area contributed by atoms with Crippen molar-refractivity contribution in [1.82, 2.24) is 0 Å². The summed E-state index contributed by atoms with van der Waals surface area (Å²) >= 11 is 0. The number of aliphatic hydroxyl groups excluding tert-OH is 4. The molecule has 0 aliphatic carbocycles. The molecule has 1 aliphatic rings. The summed E-state index contributed by atoms with van der Waals surface area (Å²) in [5, 5.41) is 69.3. The molecule has 1 saturated heterocycles. The largest absolute Gasteiger partial charge is 0.508 e. The maximum Gasteiger partial charge on any atom is 0.328 e. The predicted octanol–water partition coefficient (Wildman–Crippen LogP) is 0.775. The Morgan fingerprint density at radius 2 is 1.72 bits per heavy atom. The molecule has 11 heteroatoms. The molecule has 0 saturated carbocycles. The van der Waals surface area contributed by atoms with Gasteiger partial charge in [-0.25, -0.2) is 4.79 Å². The number of aromatic hydroxyl groups is 2. The monoisotopic (exact) mass is 504 g/mol. The summed E-state index contributed by atoms with van der Waals surface area (Å²) in [4.78, 5) is 11.1. The molecule has 36 heavy (non-hydrogen) atoms. The Bertz CT molecular complexity index is 1090. The first-order valence-corrected chi connectivity index (χ1v) is 10.9. The molecule has 3 rings (SSSR count). The number of carbonyl (C=O) groups is 1. The van der Waals surface area contributed by atoms with Gasteiger partial charge < -0.3 is 50.0 Å². The molecule has 0 amide bonds. The molecule has 2 aromatic carbocycles. The van der Waals surface area contributed by atoms with Crippen molar-refractivity contribution < 1.29 is 54.8 Å². The second-order valence-electron chi connectivity index (χ2n) is 8.00. The van der Waals surface area contributed by atoms with E-state index in [0.717, 1.165) is 6.08 Å². The molecule has 1 unspecified atom stereocenters. The predicted molar refractivity (Wildman–Crippen MR) is 126 cm³/mol. The first-order valence-electron chi connectivity index (χ1n) is 10.9. The summed E-state index contributed by atoms with van der Waals surface area (Å²) in [6.45, 7) is -0.666. The number of methoxy groups -OCH3 is 1. The lowest BCUT2D eigenvalue weighted by molar-refractivity contribution is -0.308. The maximum absolute atomic E-state index is 11.1. The van der Waals surface area contributed by atoms with Crippen molar-refractivity contribution >= 4 is 18.1 Å². The van der Waals surface area contributed by atoms with Crippen molar-refractivity contribution in [2.24, 2.45) is 0 Å². The van der Waals surface area contributed by atoms with Crippen LogP contribution in [0.25, 0.3) is 12.2 Å². The fraction of sp³-hybridized carbons (Fsp3) is 0.320. The molecular weight excluding hydrogens is 476 g/mol. The summed E-state index contributed by atoms with van der Waals surface area (Å²) < 4.78 is 16.8. The second-order valence-corrected chi connectivity index (χ2v) is 8.00. The van der Waals surface area contributed by atoms with Crippen LogP contribution in [0.5, 0.6) is 17.2 Å². The minimum Gasteiger partial charge on any atom is -0.508 e. The van der Waals surface area contributed by atoms with E-state index >= 15 is 0 Å². The van der Waals surface area contributed by atoms with E-state index in [1.54, 1.807) is 18.2 Å². The number of hydrogen-bond acceptors (Lipinski definition) is 10. The molecule has 1 heterocycles. The number of carboxylic acid groups (broad SMARTS) is 1. The smallest absolute Gasteiger partial charge is 0.328 e. The van der Waals surface area contributed by atoms with E-state index in [2.05, 4.69) is 0 Å². The standard InChI is InChI=1S/C25H28O11/c1-34-24-16(28)9-5-14(6-11-19(29)30)20(24)17(10-4-13-2-7-15(27)8-3-13)35-25-23(33)22(32)21(31)18(12-26)36-25/h2-11,17-18,21-23,25-28,31-33H,12H2,1H3,(H,29,30)/b10-4+,11-6-/t17?,18-,21-,22+,23-,25-/m1/s1. The van der Waals surface area contributed by atoms with Gasteiger partial charge in [0, 0.05) is 11.6 Å². The molecule has 194 valence electrons. The van der Waals surface area contributed by atoms with Crippen LogP contribution in [0.15, 0.2) is 48.6 Å². The first-order chi connectivity index (χ1) is 17.2. The number of ether oxygens (including phenoxy) is 3. The number of hydrogen-bond donors (Lipinski definition) is 7. The normalized spacial score (nSPS) is 25.3. The summed E-state index contributed by atoms with van der Waals surface area (Å²) in [5.74, 6) is -1.50. The Morgan fingerprint density at radius 3 is 2.33 bits per heavy atom. The fourth-order valence-corrected chi connectivity index (χ4v) is 3.74. The number of rotatable bonds is 9. The van der Waals surface area contributed by atoms with Crippen molar-refractivity contribution in [3.05, 3.63) is 65.2 Å². The van der Waals surface area contributed by atoms with Crippen molar-refractivity contribution in [3.63, 3.8) is 0 Å². The van der Waals surface area contributed by atoms with Gasteiger partial charge in [0.25, 0.3) is 0 Å². The number of benzene rings is 2. The zero-order chi connectivity index (χ0) is 26.4. The second kappa shape index (κ2) is 12.0. The van der Waals surface area contributed by atoms with E-state index in [1.807, 2.05) is 0 Å². The van der Waals surface area contributed by atoms with Crippen molar-refractivity contribution in [2.45, 2.75) is 36.8 Å². The van der Waals surface area contributed by atoms with Crippen molar-refractivity contribution in [3.8, 4) is 17.2 Å². The van der Waals surface area contributed by atoms with E-state index in [-0.39, 0.29) is 28.4 Å². The summed E-state index contributed by atoms with van der Waals surface area (Å²) in [6.07, 6.45) is -3.71. The average molecular weight is 504 g/mol. The molecule has 11 nitrogen and oxygen atoms in total. The van der Waals surface area contributed by atoms with Crippen LogP contribution in [0.2, 0.25) is 0 Å². The van der Waals surface area contributed by atoms with Gasteiger partial charge in [-0.05, 0) is 35.4 Å². The number of aliphatic hydroxyl groups is 4. The minimum absolute atomic E-state index is 0.0486. The quantitative estimate of drug-likeness (QED) is 0.239. The lowest BCUT2D eigenvalue weighted by atomic mass is 9.97. The van der Waals surface area contributed by atoms with E-state index < -0.39 is 49.4 Å². The molecule has 0 bridgehead atoms. The van der Waals surface area contributed by atoms with Crippen LogP contribution in [0.3, 0.4) is 0 Å². The third-order valence-corrected chi connectivity index (χ3v) is 5.59. The summed E-state index contributed by atoms with van der Waals surface area (Å²) in [7, 11) is 1.29. The van der Waals surface area contributed by atoms with Crippen LogP contribution in [-0.2, 0) is 14.3 Å². The molecule has 0 aromatic heterocycles. The van der Waals surface area contributed by atoms with Crippen LogP contribution >= 0.6 is 0 Å². The van der Waals surface area contributed by atoms with Crippen LogP contribution in [0.1, 0.15) is 22.8 Å². The van der Waals surface area contributed by atoms with Gasteiger partial charge in [0.15, 0.2) is 17.8 Å². The highest BCUT2D eigenvalue weighted by atomic mass is 16.7. The fourth-order valence-electron chi connectivity index (χ4n) is 3.74. The van der Waals surface area contributed by atoms with Crippen LogP contribution in [0.4, 0.5) is 0 Å². The molecule has 0 spiro atoms. The number of carboxylic acids is 1. The van der Waals surface area contributed by atoms with Crippen molar-refractivity contribution in [2.75, 3.05) is 13.7 Å². The van der Waals surface area contributed by atoms with Crippen LogP contribution < -0.4 is 4.74 Å². The SMILES string of the molecule is COc1c(O)ccc(/C=C\C(=O)O)c1C(/C=C/c1ccc(O)cc1)O[C@@H]1O[C@H](CO)[C@@H](O)[C@H](O)[C@H]1O. The van der Waals surface area contributed by atoms with Gasteiger partial charge in [0.1, 0.15) is 36.3 Å². The molecule has 0 radical (unpaired) electrons. The Labute approximate surface area is 206 Å². The Balaban J connectivity index is 2.10. The van der Waals surface area contributed by atoms with Gasteiger partial charge in [0.05, 0.1) is 13.7 Å². The van der Waals surface area contributed by atoms with E-state index in [4.69, 9.17) is 19.3 Å². The molecule has 6 atom stereocenters. The molecule has 7 N–H and O–H groups in total. The molecular formula is C25H28O11. The van der Waals surface area contributed by atoms with Gasteiger partial charge in [-0.15, -0.1) is 0 Å². The topological polar surface area (TPSA) is 186 Å². The zero-order valence-electron chi connectivity index (χ0n) is 19.2. The third-order valence-electron chi connectivity index (χ3n) is 5.59. The Morgan fingerprint density at radius 1 is 1.03 bits per heavy atom. The van der Waals surface area contributed by atoms with Gasteiger partial charge in [0.2, 0.25) is 0 Å². The third kappa shape index (κ3) is 6.21. The number of aliphatic carboxylic acids is 1. The zero-order valence-corrected chi connectivity index (χ0v) is 19.2. The maximum atomic E-state index is 11.1. The number of phenols is 2. The van der Waals surface area contributed by atoms with Crippen LogP contribution in [-0.4, -0.2) is 86.1 Å². The van der Waals surface area contributed by atoms with E-state index in [9.17, 15) is 35.4 Å². The molecule has 2 aromatic rings. The highest BCUT2D eigenvalue weighted by molar-refractivity contribution is 5.86. The van der Waals surface area contributed by atoms with Gasteiger partial charge >= 0.3 is 5.97 Å². The highest BCUT2D eigenvalue weighted by Crippen LogP contribution is 2.41. The van der Waals surface area contributed by atoms with Gasteiger partial charge in [-0.2, -0.15) is 0 Å². The molecule has 1 fully saturated rings. The van der Waals surface area contributed by atoms with Crippen LogP contribution in [0, 0.1) is 0 Å². The highest BCUT2D eigenvalue weighted by Gasteiger charge is 2.45. The van der Waals surface area contributed by atoms with Gasteiger partial charge in [-0.3, -0.25) is 0 Å². The lowest BCUT2D eigenvalue weighted by Gasteiger charge is -2.40. The summed E-state index contributed by atoms with van der Waals surface area (Å²) in [5.41, 5.74) is 1.09. The number of phenolic OH excluding ortho intramolecular Hbond substituents is 2. The molecule has 1 aliphatic heterocycles. The Hall–Kier alpha value is -3.45. The van der Waals surface area contributed by atoms with E-state index in [1.165, 1.54) is 43.5 Å². The lowest BCUT2D eigenvalue weighted by Crippen LogP contribution is -2.59. The average Bonchev–Trinajstić information content (AvgIpc) is 2.86.